The van der Waals surface area contributed by atoms with Crippen LogP contribution in [-0.4, -0.2) is 6.19 Å². The summed E-state index contributed by atoms with van der Waals surface area (Å²) in [5.74, 6) is 0. The van der Waals surface area contributed by atoms with Crippen molar-refractivity contribution in [2.75, 3.05) is 0 Å². The van der Waals surface area contributed by atoms with E-state index in [9.17, 15) is 0 Å². The minimum atomic E-state index is -0.227. The van der Waals surface area contributed by atoms with E-state index in [-0.39, 0.29) is 18.4 Å². The van der Waals surface area contributed by atoms with Crippen LogP contribution >= 0.6 is 0 Å². The molecule has 0 atom stereocenters. The Morgan fingerprint density at radius 2 is 2.80 bits per heavy atom. The molecular formula is C3H3N2. The smallest absolute Gasteiger partial charge is 0.0860 e. The van der Waals surface area contributed by atoms with E-state index in [1.807, 2.05) is 0 Å². The van der Waals surface area contributed by atoms with Crippen molar-refractivity contribution in [1.29, 1.82) is 0 Å². The Labute approximate surface area is 34.4 Å². The van der Waals surface area contributed by atoms with Crippen molar-refractivity contribution < 1.29 is 4.11 Å². The lowest BCUT2D eigenvalue weighted by Crippen LogP contribution is -1.69. The average Bonchev–Trinajstić information content (AvgIpc) is 1.98. The fraction of sp³-hybridized carbons (Fsp3) is 0. The van der Waals surface area contributed by atoms with Gasteiger partial charge in [0.1, 0.15) is 0 Å². The molecule has 0 amide bonds. The Balaban J connectivity index is 2.88. The van der Waals surface area contributed by atoms with Gasteiger partial charge in [-0.3, -0.25) is 0 Å². The molecule has 2 nitrogen and oxygen atoms in total. The van der Waals surface area contributed by atoms with Crippen LogP contribution < -0.4 is 5.43 Å². The number of rotatable bonds is 0. The summed E-state index contributed by atoms with van der Waals surface area (Å²) in [6.45, 7) is 0. The van der Waals surface area contributed by atoms with E-state index in [1.165, 1.54) is 0 Å². The van der Waals surface area contributed by atoms with Gasteiger partial charge in [0.05, 0.1) is 16.5 Å². The predicted molar refractivity (Wildman–Crippen MR) is 19.8 cm³/mol. The van der Waals surface area contributed by atoms with Crippen LogP contribution in [0.1, 0.15) is 4.11 Å². The quantitative estimate of drug-likeness (QED) is 0.386. The molecule has 5 heavy (non-hydrogen) atoms. The lowest BCUT2D eigenvalue weighted by atomic mass is 10.7. The minimum Gasteiger partial charge on any atom is -0.159 e. The maximum absolute atomic E-state index is 6.82. The summed E-state index contributed by atoms with van der Waals surface area (Å²) in [5.41, 5.74) is 3.16. The van der Waals surface area contributed by atoms with E-state index < -0.39 is 0 Å². The number of hydrogen-bond acceptors (Lipinski definition) is 1. The van der Waals surface area contributed by atoms with Crippen LogP contribution in [0.3, 0.4) is 0 Å². The summed E-state index contributed by atoms with van der Waals surface area (Å²) < 4.78 is 20.3. The maximum Gasteiger partial charge on any atom is 0.0860 e. The SMILES string of the molecule is [2H]C1=N[N]C([2H])=C1[2H]. The monoisotopic (exact) mass is 70.0 g/mol. The fourth-order valence-electron chi connectivity index (χ4n) is 0.125. The first kappa shape index (κ1) is 0.834. The van der Waals surface area contributed by atoms with Crippen LogP contribution in [0, 0.1) is 0 Å². The minimum absolute atomic E-state index is 0.204. The van der Waals surface area contributed by atoms with Crippen LogP contribution in [-0.2, 0) is 0 Å². The third-order valence-electron chi connectivity index (χ3n) is 0.262. The molecule has 1 rings (SSSR count). The van der Waals surface area contributed by atoms with Gasteiger partial charge in [-0.25, -0.2) is 0 Å². The van der Waals surface area contributed by atoms with Gasteiger partial charge >= 0.3 is 0 Å². The van der Waals surface area contributed by atoms with Gasteiger partial charge in [0.15, 0.2) is 0 Å². The summed E-state index contributed by atoms with van der Waals surface area (Å²) in [5, 5.41) is 3.16. The molecule has 1 radical (unpaired) electrons. The Morgan fingerprint density at radius 3 is 3.00 bits per heavy atom. The van der Waals surface area contributed by atoms with Gasteiger partial charge in [-0.05, 0) is 6.05 Å². The maximum atomic E-state index is 6.82. The lowest BCUT2D eigenvalue weighted by Gasteiger charge is -1.62. The number of hydrogen-bond donors (Lipinski definition) is 0. The highest BCUT2D eigenvalue weighted by atomic mass is 15.3. The summed E-state index contributed by atoms with van der Waals surface area (Å²) in [7, 11) is 0. The highest BCUT2D eigenvalue weighted by Gasteiger charge is 1.72. The van der Waals surface area contributed by atoms with Gasteiger partial charge in [0.25, 0.3) is 0 Å². The zero-order chi connectivity index (χ0) is 6.15. The molecule has 0 aromatic rings. The van der Waals surface area contributed by atoms with Crippen LogP contribution in [0.15, 0.2) is 17.3 Å². The Kier molecular flexibility index (Phi) is 0.148. The summed E-state index contributed by atoms with van der Waals surface area (Å²) in [6, 6.07) is -0.204. The van der Waals surface area contributed by atoms with Crippen molar-refractivity contribution in [3.05, 3.63) is 12.2 Å². The molecule has 0 bridgehead atoms. The van der Waals surface area contributed by atoms with E-state index in [2.05, 4.69) is 10.5 Å². The van der Waals surface area contributed by atoms with Crippen molar-refractivity contribution >= 4 is 6.19 Å². The fourth-order valence-corrected chi connectivity index (χ4v) is 0.125. The average molecular weight is 70.1 g/mol. The molecule has 0 aliphatic carbocycles. The first-order chi connectivity index (χ1) is 3.72. The largest absolute Gasteiger partial charge is 0.159 e. The Bertz CT molecular complexity index is 166. The molecule has 0 N–H and O–H groups in total. The standard InChI is InChI=1S/C3H3N2/c1-2-4-5-3-1/h1-3H/i1D,2D,3D. The molecule has 0 spiro atoms. The summed E-state index contributed by atoms with van der Waals surface area (Å²) in [6.07, 6.45) is -0.454. The highest BCUT2D eigenvalue weighted by Crippen LogP contribution is 1.73. The summed E-state index contributed by atoms with van der Waals surface area (Å²) >= 11 is 0. The van der Waals surface area contributed by atoms with Crippen LogP contribution in [0.25, 0.3) is 0 Å². The molecule has 0 aromatic heterocycles. The Morgan fingerprint density at radius 1 is 1.80 bits per heavy atom. The van der Waals surface area contributed by atoms with E-state index >= 15 is 0 Å². The van der Waals surface area contributed by atoms with Crippen LogP contribution in [0.4, 0.5) is 0 Å². The second-order valence-corrected chi connectivity index (χ2v) is 0.549. The van der Waals surface area contributed by atoms with Crippen molar-refractivity contribution in [2.24, 2.45) is 5.10 Å². The third kappa shape index (κ3) is 0.265. The zero-order valence-corrected chi connectivity index (χ0v) is 2.39. The van der Waals surface area contributed by atoms with Gasteiger partial charge < -0.3 is 0 Å². The normalized spacial score (nSPS) is 30.4. The lowest BCUT2D eigenvalue weighted by molar-refractivity contribution is 0.977. The van der Waals surface area contributed by atoms with Crippen molar-refractivity contribution in [3.63, 3.8) is 0 Å². The van der Waals surface area contributed by atoms with E-state index in [0.717, 1.165) is 0 Å². The first-order valence-corrected chi connectivity index (χ1v) is 1.15. The molecule has 1 aliphatic heterocycles. The Hall–Kier alpha value is -0.790. The van der Waals surface area contributed by atoms with Gasteiger partial charge in [0, 0.05) is 0 Å². The van der Waals surface area contributed by atoms with Crippen molar-refractivity contribution in [3.8, 4) is 0 Å². The second kappa shape index (κ2) is 0.885. The topological polar surface area (TPSA) is 26.5 Å². The third-order valence-corrected chi connectivity index (χ3v) is 0.262. The van der Waals surface area contributed by atoms with Crippen molar-refractivity contribution in [2.45, 2.75) is 0 Å². The molecule has 0 fully saturated rings. The molecule has 25 valence electrons. The number of allylic oxidation sites excluding steroid dienone is 1. The second-order valence-electron chi connectivity index (χ2n) is 0.549. The molecule has 1 heterocycles. The van der Waals surface area contributed by atoms with E-state index in [4.69, 9.17) is 4.11 Å². The number of nitrogens with zero attached hydrogens (tertiary/aromatic N) is 2. The molecule has 1 aliphatic rings. The first-order valence-electron chi connectivity index (χ1n) is 2.65. The molecule has 0 saturated heterocycles. The molecule has 0 unspecified atom stereocenters. The van der Waals surface area contributed by atoms with E-state index in [0.29, 0.717) is 0 Å². The van der Waals surface area contributed by atoms with Crippen LogP contribution in [0.2, 0.25) is 0 Å². The molecule has 0 saturated carbocycles. The van der Waals surface area contributed by atoms with Gasteiger partial charge in [-0.2, -0.15) is 10.5 Å². The van der Waals surface area contributed by atoms with Gasteiger partial charge in [-0.15, -0.1) is 0 Å². The summed E-state index contributed by atoms with van der Waals surface area (Å²) in [4.78, 5) is 0. The van der Waals surface area contributed by atoms with Gasteiger partial charge in [-0.1, -0.05) is 0 Å². The van der Waals surface area contributed by atoms with Crippen molar-refractivity contribution in [1.82, 2.24) is 5.43 Å². The predicted octanol–water partition coefficient (Wildman–Crippen LogP) is 0.104. The highest BCUT2D eigenvalue weighted by molar-refractivity contribution is 5.72. The zero-order valence-electron chi connectivity index (χ0n) is 5.39. The molecular weight excluding hydrogens is 64.0 g/mol. The van der Waals surface area contributed by atoms with E-state index in [1.54, 1.807) is 0 Å². The molecule has 2 heteroatoms. The van der Waals surface area contributed by atoms with Gasteiger partial charge in [0.2, 0.25) is 0 Å². The van der Waals surface area contributed by atoms with Crippen LogP contribution in [0.5, 0.6) is 0 Å². The molecule has 0 aromatic carbocycles.